The standard InChI is InChI=1S/C10H17N3OS/c1-2-13-9(11-12-10(13)15)6-5-8-4-3-7-14-8/h8H,2-7H2,1H3,(H,12,15). The molecule has 1 fully saturated rings. The van der Waals surface area contributed by atoms with Gasteiger partial charge in [-0.1, -0.05) is 0 Å². The molecule has 0 aromatic carbocycles. The molecule has 15 heavy (non-hydrogen) atoms. The van der Waals surface area contributed by atoms with E-state index < -0.39 is 0 Å². The van der Waals surface area contributed by atoms with Crippen LogP contribution < -0.4 is 0 Å². The van der Waals surface area contributed by atoms with Crippen molar-refractivity contribution in [2.24, 2.45) is 0 Å². The van der Waals surface area contributed by atoms with Crippen LogP contribution in [0.5, 0.6) is 0 Å². The van der Waals surface area contributed by atoms with E-state index in [4.69, 9.17) is 17.0 Å². The molecule has 0 spiro atoms. The highest BCUT2D eigenvalue weighted by molar-refractivity contribution is 7.71. The van der Waals surface area contributed by atoms with Gasteiger partial charge in [-0.05, 0) is 38.4 Å². The first-order valence-corrected chi connectivity index (χ1v) is 5.97. The zero-order valence-corrected chi connectivity index (χ0v) is 9.85. The summed E-state index contributed by atoms with van der Waals surface area (Å²) in [7, 11) is 0. The third kappa shape index (κ3) is 2.46. The largest absolute Gasteiger partial charge is 0.378 e. The van der Waals surface area contributed by atoms with Crippen LogP contribution in [0.3, 0.4) is 0 Å². The molecule has 0 aliphatic carbocycles. The van der Waals surface area contributed by atoms with Gasteiger partial charge in [-0.25, -0.2) is 0 Å². The van der Waals surface area contributed by atoms with Crippen molar-refractivity contribution in [2.45, 2.75) is 45.3 Å². The molecule has 84 valence electrons. The normalized spacial score (nSPS) is 21.0. The molecule has 2 heterocycles. The fraction of sp³-hybridized carbons (Fsp3) is 0.800. The predicted octanol–water partition coefficient (Wildman–Crippen LogP) is 2.07. The zero-order valence-electron chi connectivity index (χ0n) is 9.03. The van der Waals surface area contributed by atoms with Gasteiger partial charge in [-0.15, -0.1) is 0 Å². The van der Waals surface area contributed by atoms with Crippen LogP contribution in [0.4, 0.5) is 0 Å². The lowest BCUT2D eigenvalue weighted by atomic mass is 10.1. The highest BCUT2D eigenvalue weighted by atomic mass is 32.1. The number of hydrogen-bond donors (Lipinski definition) is 1. The van der Waals surface area contributed by atoms with Crippen LogP contribution in [-0.4, -0.2) is 27.5 Å². The summed E-state index contributed by atoms with van der Waals surface area (Å²) in [6.07, 6.45) is 4.83. The number of nitrogens with zero attached hydrogens (tertiary/aromatic N) is 2. The summed E-state index contributed by atoms with van der Waals surface area (Å²) in [5.41, 5.74) is 0. The summed E-state index contributed by atoms with van der Waals surface area (Å²) in [5, 5.41) is 7.08. The molecule has 0 bridgehead atoms. The van der Waals surface area contributed by atoms with Crippen molar-refractivity contribution in [1.82, 2.24) is 14.8 Å². The summed E-state index contributed by atoms with van der Waals surface area (Å²) in [5.74, 6) is 1.05. The molecule has 1 N–H and O–H groups in total. The molecule has 0 amide bonds. The third-order valence-corrected chi connectivity index (χ3v) is 3.18. The van der Waals surface area contributed by atoms with Gasteiger partial charge < -0.3 is 9.30 Å². The van der Waals surface area contributed by atoms with E-state index in [1.165, 1.54) is 12.8 Å². The second kappa shape index (κ2) is 4.90. The number of nitrogens with one attached hydrogen (secondary N) is 1. The number of ether oxygens (including phenoxy) is 1. The first kappa shape index (κ1) is 10.8. The Labute approximate surface area is 94.6 Å². The lowest BCUT2D eigenvalue weighted by Crippen LogP contribution is -2.09. The molecule has 1 atom stereocenters. The number of aromatic nitrogens is 3. The monoisotopic (exact) mass is 227 g/mol. The van der Waals surface area contributed by atoms with Gasteiger partial charge in [0, 0.05) is 19.6 Å². The Bertz CT molecular complexity index is 365. The average Bonchev–Trinajstić information content (AvgIpc) is 2.84. The van der Waals surface area contributed by atoms with E-state index in [1.54, 1.807) is 0 Å². The van der Waals surface area contributed by atoms with E-state index >= 15 is 0 Å². The highest BCUT2D eigenvalue weighted by Crippen LogP contribution is 2.17. The minimum Gasteiger partial charge on any atom is -0.378 e. The van der Waals surface area contributed by atoms with Crippen LogP contribution in [0.15, 0.2) is 0 Å². The first-order chi connectivity index (χ1) is 7.31. The van der Waals surface area contributed by atoms with Gasteiger partial charge in [0.2, 0.25) is 0 Å². The van der Waals surface area contributed by atoms with Gasteiger partial charge in [-0.3, -0.25) is 5.10 Å². The predicted molar refractivity (Wildman–Crippen MR) is 60.4 cm³/mol. The molecule has 1 saturated heterocycles. The van der Waals surface area contributed by atoms with Gasteiger partial charge >= 0.3 is 0 Å². The van der Waals surface area contributed by atoms with Crippen LogP contribution in [0.25, 0.3) is 0 Å². The molecule has 1 aromatic heterocycles. The van der Waals surface area contributed by atoms with Crippen molar-refractivity contribution >= 4 is 12.2 Å². The van der Waals surface area contributed by atoms with E-state index in [0.717, 1.165) is 36.6 Å². The van der Waals surface area contributed by atoms with Crippen LogP contribution in [0.1, 0.15) is 32.0 Å². The number of rotatable bonds is 4. The maximum Gasteiger partial charge on any atom is 0.195 e. The smallest absolute Gasteiger partial charge is 0.195 e. The second-order valence-electron chi connectivity index (χ2n) is 3.86. The number of H-pyrrole nitrogens is 1. The van der Waals surface area contributed by atoms with Gasteiger partial charge in [0.15, 0.2) is 4.77 Å². The fourth-order valence-corrected chi connectivity index (χ4v) is 2.31. The molecule has 1 aliphatic heterocycles. The number of aryl methyl sites for hydroxylation is 1. The van der Waals surface area contributed by atoms with Gasteiger partial charge in [0.05, 0.1) is 6.10 Å². The summed E-state index contributed by atoms with van der Waals surface area (Å²) in [4.78, 5) is 0. The fourth-order valence-electron chi connectivity index (χ4n) is 2.03. The second-order valence-corrected chi connectivity index (χ2v) is 4.25. The van der Waals surface area contributed by atoms with Gasteiger partial charge in [0.25, 0.3) is 0 Å². The summed E-state index contributed by atoms with van der Waals surface area (Å²) >= 11 is 5.13. The third-order valence-electron chi connectivity index (χ3n) is 2.87. The Morgan fingerprint density at radius 1 is 1.67 bits per heavy atom. The van der Waals surface area contributed by atoms with Crippen molar-refractivity contribution in [2.75, 3.05) is 6.61 Å². The van der Waals surface area contributed by atoms with E-state index in [2.05, 4.69) is 17.1 Å². The Hall–Kier alpha value is -0.680. The first-order valence-electron chi connectivity index (χ1n) is 5.57. The van der Waals surface area contributed by atoms with Crippen molar-refractivity contribution in [3.63, 3.8) is 0 Å². The molecular formula is C10H17N3OS. The minimum atomic E-state index is 0.431. The van der Waals surface area contributed by atoms with Gasteiger partial charge in [0.1, 0.15) is 5.82 Å². The molecule has 1 aliphatic rings. The highest BCUT2D eigenvalue weighted by Gasteiger charge is 2.16. The van der Waals surface area contributed by atoms with E-state index in [-0.39, 0.29) is 0 Å². The Balaban J connectivity index is 1.95. The molecule has 0 radical (unpaired) electrons. The average molecular weight is 227 g/mol. The van der Waals surface area contributed by atoms with Crippen LogP contribution >= 0.6 is 12.2 Å². The van der Waals surface area contributed by atoms with E-state index in [9.17, 15) is 0 Å². The van der Waals surface area contributed by atoms with Crippen LogP contribution in [0.2, 0.25) is 0 Å². The maximum atomic E-state index is 5.58. The lowest BCUT2D eigenvalue weighted by Gasteiger charge is -2.08. The molecular weight excluding hydrogens is 210 g/mol. The molecule has 2 rings (SSSR count). The Morgan fingerprint density at radius 3 is 3.20 bits per heavy atom. The molecule has 1 unspecified atom stereocenters. The molecule has 1 aromatic rings. The SMILES string of the molecule is CCn1c(CCC2CCCO2)n[nH]c1=S. The van der Waals surface area contributed by atoms with Gasteiger partial charge in [-0.2, -0.15) is 5.10 Å². The Morgan fingerprint density at radius 2 is 2.53 bits per heavy atom. The Kier molecular flexibility index (Phi) is 3.53. The summed E-state index contributed by atoms with van der Waals surface area (Å²) in [6.45, 7) is 3.89. The van der Waals surface area contributed by atoms with Crippen molar-refractivity contribution in [1.29, 1.82) is 0 Å². The molecule has 0 saturated carbocycles. The summed E-state index contributed by atoms with van der Waals surface area (Å²) in [6, 6.07) is 0. The number of aromatic amines is 1. The topological polar surface area (TPSA) is 42.8 Å². The zero-order chi connectivity index (χ0) is 10.7. The van der Waals surface area contributed by atoms with Crippen molar-refractivity contribution in [3.8, 4) is 0 Å². The number of hydrogen-bond acceptors (Lipinski definition) is 3. The molecule has 5 heteroatoms. The summed E-state index contributed by atoms with van der Waals surface area (Å²) < 4.78 is 8.35. The van der Waals surface area contributed by atoms with E-state index in [1.807, 2.05) is 4.57 Å². The van der Waals surface area contributed by atoms with E-state index in [0.29, 0.717) is 6.10 Å². The van der Waals surface area contributed by atoms with Crippen LogP contribution in [-0.2, 0) is 17.7 Å². The molecule has 4 nitrogen and oxygen atoms in total. The van der Waals surface area contributed by atoms with Crippen molar-refractivity contribution in [3.05, 3.63) is 10.6 Å². The van der Waals surface area contributed by atoms with Crippen LogP contribution in [0, 0.1) is 4.77 Å². The maximum absolute atomic E-state index is 5.58. The minimum absolute atomic E-state index is 0.431. The van der Waals surface area contributed by atoms with Crippen molar-refractivity contribution < 1.29 is 4.74 Å². The lowest BCUT2D eigenvalue weighted by molar-refractivity contribution is 0.104. The quantitative estimate of drug-likeness (QED) is 0.801.